The van der Waals surface area contributed by atoms with Crippen LogP contribution in [0.3, 0.4) is 0 Å². The van der Waals surface area contributed by atoms with Gasteiger partial charge in [-0.3, -0.25) is 9.59 Å². The third-order valence-electron chi connectivity index (χ3n) is 9.85. The standard InChI is InChI=1S/C32H40O12/c1-8-17(2)26(34)41-22-16-30(6,37)32-24(43-28(36)21-12-10-14-39-21)19(29(4,5)44-32)15-23(31(32,7)25(22)40-18(3)33)42-27(35)20-11-9-13-38-20/h9-14,17,19,22-25,37H,8,15-16H2,1-7H3. The number of fused-ring (bicyclic) bond motifs is 1. The Bertz CT molecular complexity index is 1390. The molecule has 0 radical (unpaired) electrons. The smallest absolute Gasteiger partial charge is 0.374 e. The normalized spacial score (nSPS) is 36.0. The van der Waals surface area contributed by atoms with Crippen molar-refractivity contribution >= 4 is 23.9 Å². The van der Waals surface area contributed by atoms with Crippen LogP contribution in [0.25, 0.3) is 0 Å². The Kier molecular flexibility index (Phi) is 7.99. The van der Waals surface area contributed by atoms with Gasteiger partial charge in [-0.05, 0) is 64.8 Å². The van der Waals surface area contributed by atoms with Gasteiger partial charge in [-0.25, -0.2) is 9.59 Å². The average molecular weight is 617 g/mol. The lowest BCUT2D eigenvalue weighted by molar-refractivity contribution is -0.343. The molecule has 44 heavy (non-hydrogen) atoms. The molecular weight excluding hydrogens is 576 g/mol. The van der Waals surface area contributed by atoms with E-state index in [4.69, 9.17) is 32.5 Å². The average Bonchev–Trinajstić information content (AvgIpc) is 3.70. The Hall–Kier alpha value is -3.64. The molecule has 0 aromatic carbocycles. The third kappa shape index (κ3) is 4.82. The van der Waals surface area contributed by atoms with Gasteiger partial charge in [0.2, 0.25) is 11.5 Å². The van der Waals surface area contributed by atoms with Crippen LogP contribution in [0.1, 0.15) is 88.8 Å². The van der Waals surface area contributed by atoms with Gasteiger partial charge in [0, 0.05) is 19.3 Å². The molecule has 5 rings (SSSR count). The number of furan rings is 2. The second kappa shape index (κ2) is 11.1. The molecule has 240 valence electrons. The van der Waals surface area contributed by atoms with Crippen molar-refractivity contribution < 1.29 is 56.8 Å². The van der Waals surface area contributed by atoms with Gasteiger partial charge in [-0.1, -0.05) is 13.8 Å². The predicted octanol–water partition coefficient (Wildman–Crippen LogP) is 4.24. The van der Waals surface area contributed by atoms with Crippen molar-refractivity contribution in [3.63, 3.8) is 0 Å². The van der Waals surface area contributed by atoms with Gasteiger partial charge in [0.25, 0.3) is 0 Å². The van der Waals surface area contributed by atoms with Gasteiger partial charge in [0.05, 0.1) is 35.1 Å². The molecule has 1 N–H and O–H groups in total. The van der Waals surface area contributed by atoms with Crippen LogP contribution in [0.5, 0.6) is 0 Å². The Morgan fingerprint density at radius 2 is 1.52 bits per heavy atom. The summed E-state index contributed by atoms with van der Waals surface area (Å²) in [5, 5.41) is 12.5. The molecule has 1 aliphatic heterocycles. The van der Waals surface area contributed by atoms with Crippen LogP contribution in [-0.4, -0.2) is 70.2 Å². The van der Waals surface area contributed by atoms with Crippen LogP contribution in [0.15, 0.2) is 45.6 Å². The van der Waals surface area contributed by atoms with Crippen LogP contribution >= 0.6 is 0 Å². The number of ether oxygens (including phenoxy) is 5. The molecule has 1 saturated heterocycles. The summed E-state index contributed by atoms with van der Waals surface area (Å²) in [6.07, 6.45) is -1.67. The molecule has 2 aromatic rings. The fourth-order valence-electron chi connectivity index (χ4n) is 7.56. The van der Waals surface area contributed by atoms with Crippen molar-refractivity contribution in [2.45, 2.75) is 109 Å². The van der Waals surface area contributed by atoms with E-state index in [0.29, 0.717) is 6.42 Å². The maximum Gasteiger partial charge on any atom is 0.374 e. The third-order valence-corrected chi connectivity index (χ3v) is 9.85. The van der Waals surface area contributed by atoms with Crippen molar-refractivity contribution in [2.75, 3.05) is 0 Å². The molecule has 9 atom stereocenters. The van der Waals surface area contributed by atoms with E-state index in [9.17, 15) is 24.3 Å². The van der Waals surface area contributed by atoms with E-state index in [1.165, 1.54) is 44.6 Å². The van der Waals surface area contributed by atoms with E-state index in [1.807, 2.05) is 6.92 Å². The summed E-state index contributed by atoms with van der Waals surface area (Å²) in [6.45, 7) is 11.5. The Balaban J connectivity index is 1.69. The molecular formula is C32H40O12. The number of hydrogen-bond donors (Lipinski definition) is 1. The number of aliphatic hydroxyl groups is 1. The number of esters is 4. The minimum absolute atomic E-state index is 0.0565. The zero-order chi connectivity index (χ0) is 32.2. The van der Waals surface area contributed by atoms with Crippen LogP contribution in [0.2, 0.25) is 0 Å². The van der Waals surface area contributed by atoms with E-state index in [-0.39, 0.29) is 24.4 Å². The summed E-state index contributed by atoms with van der Waals surface area (Å²) in [5.41, 5.74) is -6.38. The molecule has 9 unspecified atom stereocenters. The van der Waals surface area contributed by atoms with E-state index in [2.05, 4.69) is 0 Å². The molecule has 2 saturated carbocycles. The van der Waals surface area contributed by atoms with E-state index in [0.717, 1.165) is 0 Å². The highest BCUT2D eigenvalue weighted by molar-refractivity contribution is 5.87. The van der Waals surface area contributed by atoms with Gasteiger partial charge in [-0.2, -0.15) is 0 Å². The minimum atomic E-state index is -1.88. The first kappa shape index (κ1) is 31.8. The van der Waals surface area contributed by atoms with Crippen LogP contribution < -0.4 is 0 Å². The molecule has 2 bridgehead atoms. The number of rotatable bonds is 8. The van der Waals surface area contributed by atoms with E-state index >= 15 is 0 Å². The van der Waals surface area contributed by atoms with Gasteiger partial charge >= 0.3 is 23.9 Å². The summed E-state index contributed by atoms with van der Waals surface area (Å²) in [4.78, 5) is 52.5. The Labute approximate surface area is 255 Å². The fraction of sp³-hybridized carbons (Fsp3) is 0.625. The van der Waals surface area contributed by atoms with Gasteiger partial charge in [0.15, 0.2) is 6.10 Å². The molecule has 12 nitrogen and oxygen atoms in total. The number of carbonyl (C=O) groups excluding carboxylic acids is 4. The monoisotopic (exact) mass is 616 g/mol. The lowest BCUT2D eigenvalue weighted by atomic mass is 9.47. The SMILES string of the molecule is CCC(C)C(=O)OC1CC(C)(O)C23OC(C)(C)C(CC(OC(=O)c4ccco4)C2(C)C1OC(C)=O)C3OC(=O)c1ccco1. The van der Waals surface area contributed by atoms with Crippen molar-refractivity contribution in [3.05, 3.63) is 48.3 Å². The Morgan fingerprint density at radius 3 is 2.05 bits per heavy atom. The molecule has 1 spiro atoms. The van der Waals surface area contributed by atoms with Crippen LogP contribution in [0.4, 0.5) is 0 Å². The maximum atomic E-state index is 13.4. The highest BCUT2D eigenvalue weighted by atomic mass is 16.6. The largest absolute Gasteiger partial charge is 0.458 e. The molecule has 3 aliphatic rings. The summed E-state index contributed by atoms with van der Waals surface area (Å²) in [5.74, 6) is -4.02. The molecule has 2 aliphatic carbocycles. The van der Waals surface area contributed by atoms with Gasteiger partial charge in [0.1, 0.15) is 23.9 Å². The molecule has 3 heterocycles. The summed E-state index contributed by atoms with van der Waals surface area (Å²) < 4.78 is 41.6. The van der Waals surface area contributed by atoms with E-state index in [1.54, 1.807) is 33.8 Å². The van der Waals surface area contributed by atoms with Crippen LogP contribution in [-0.2, 0) is 33.3 Å². The lowest BCUT2D eigenvalue weighted by Crippen LogP contribution is -2.81. The number of hydrogen-bond acceptors (Lipinski definition) is 12. The molecule has 0 amide bonds. The van der Waals surface area contributed by atoms with Crippen LogP contribution in [0, 0.1) is 17.3 Å². The lowest BCUT2D eigenvalue weighted by Gasteiger charge is -2.65. The van der Waals surface area contributed by atoms with Crippen molar-refractivity contribution in [1.29, 1.82) is 0 Å². The maximum absolute atomic E-state index is 13.4. The first-order chi connectivity index (χ1) is 20.6. The highest BCUT2D eigenvalue weighted by Crippen LogP contribution is 2.69. The van der Waals surface area contributed by atoms with Gasteiger partial charge < -0.3 is 37.6 Å². The second-order valence-corrected chi connectivity index (χ2v) is 13.0. The fourth-order valence-corrected chi connectivity index (χ4v) is 7.56. The topological polar surface area (TPSA) is 161 Å². The molecule has 2 aromatic heterocycles. The summed E-state index contributed by atoms with van der Waals surface area (Å²) in [7, 11) is 0. The minimum Gasteiger partial charge on any atom is -0.458 e. The highest BCUT2D eigenvalue weighted by Gasteiger charge is 2.84. The van der Waals surface area contributed by atoms with E-state index < -0.39 is 82.3 Å². The molecule has 12 heteroatoms. The quantitative estimate of drug-likeness (QED) is 0.332. The number of carbonyl (C=O) groups is 4. The first-order valence-electron chi connectivity index (χ1n) is 14.9. The van der Waals surface area contributed by atoms with Crippen molar-refractivity contribution in [1.82, 2.24) is 0 Å². The first-order valence-corrected chi connectivity index (χ1v) is 14.9. The zero-order valence-electron chi connectivity index (χ0n) is 26.0. The zero-order valence-corrected chi connectivity index (χ0v) is 26.0. The molecule has 3 fully saturated rings. The Morgan fingerprint density at radius 1 is 0.932 bits per heavy atom. The summed E-state index contributed by atoms with van der Waals surface area (Å²) >= 11 is 0. The van der Waals surface area contributed by atoms with Gasteiger partial charge in [-0.15, -0.1) is 0 Å². The second-order valence-electron chi connectivity index (χ2n) is 13.0. The predicted molar refractivity (Wildman–Crippen MR) is 150 cm³/mol. The summed E-state index contributed by atoms with van der Waals surface area (Å²) in [6, 6.07) is 5.99. The van der Waals surface area contributed by atoms with Crippen molar-refractivity contribution in [2.24, 2.45) is 17.3 Å². The van der Waals surface area contributed by atoms with Crippen molar-refractivity contribution in [3.8, 4) is 0 Å².